The van der Waals surface area contributed by atoms with Gasteiger partial charge in [0, 0.05) is 16.2 Å². The Morgan fingerprint density at radius 2 is 2.05 bits per heavy atom. The molecule has 1 fully saturated rings. The lowest BCUT2D eigenvalue weighted by Crippen LogP contribution is -2.13. The fourth-order valence-corrected chi connectivity index (χ4v) is 3.28. The van der Waals surface area contributed by atoms with Gasteiger partial charge in [0.1, 0.15) is 5.69 Å². The summed E-state index contributed by atoms with van der Waals surface area (Å²) in [6.07, 6.45) is 8.97. The molecule has 1 aliphatic rings. The van der Waals surface area contributed by atoms with Crippen LogP contribution in [0.15, 0.2) is 34.9 Å². The first kappa shape index (κ1) is 13.6. The summed E-state index contributed by atoms with van der Waals surface area (Å²) in [7, 11) is 0. The fourth-order valence-electron chi connectivity index (χ4n) is 2.88. The zero-order chi connectivity index (χ0) is 13.9. The summed E-state index contributed by atoms with van der Waals surface area (Å²) in [6, 6.07) is 8.38. The number of aldehydes is 1. The second-order valence-corrected chi connectivity index (χ2v) is 6.25. The van der Waals surface area contributed by atoms with Crippen LogP contribution in [0.3, 0.4) is 0 Å². The van der Waals surface area contributed by atoms with Crippen LogP contribution in [0.4, 0.5) is 0 Å². The lowest BCUT2D eigenvalue weighted by molar-refractivity contribution is 0.112. The van der Waals surface area contributed by atoms with Gasteiger partial charge in [-0.1, -0.05) is 47.3 Å². The number of hydrogen-bond donors (Lipinski definition) is 0. The van der Waals surface area contributed by atoms with E-state index >= 15 is 0 Å². The van der Waals surface area contributed by atoms with Crippen molar-refractivity contribution in [3.8, 4) is 11.3 Å². The SMILES string of the molecule is O=Cc1cn(C2CCCCC2)nc1-c1cccc(Br)c1. The maximum Gasteiger partial charge on any atom is 0.153 e. The summed E-state index contributed by atoms with van der Waals surface area (Å²) in [5.74, 6) is 0. The summed E-state index contributed by atoms with van der Waals surface area (Å²) in [6.45, 7) is 0. The number of carbonyl (C=O) groups is 1. The molecule has 0 N–H and O–H groups in total. The molecule has 104 valence electrons. The lowest BCUT2D eigenvalue weighted by atomic mass is 9.96. The molecule has 0 bridgehead atoms. The minimum Gasteiger partial charge on any atom is -0.298 e. The van der Waals surface area contributed by atoms with Crippen molar-refractivity contribution >= 4 is 22.2 Å². The van der Waals surface area contributed by atoms with Crippen molar-refractivity contribution in [1.82, 2.24) is 9.78 Å². The first-order chi connectivity index (χ1) is 9.78. The van der Waals surface area contributed by atoms with Crippen molar-refractivity contribution in [2.24, 2.45) is 0 Å². The number of benzene rings is 1. The quantitative estimate of drug-likeness (QED) is 0.768. The number of rotatable bonds is 3. The minimum atomic E-state index is 0.448. The Bertz CT molecular complexity index is 615. The van der Waals surface area contributed by atoms with Crippen molar-refractivity contribution in [2.75, 3.05) is 0 Å². The van der Waals surface area contributed by atoms with Crippen molar-refractivity contribution in [3.63, 3.8) is 0 Å². The van der Waals surface area contributed by atoms with Gasteiger partial charge in [0.05, 0.1) is 11.6 Å². The van der Waals surface area contributed by atoms with Crippen LogP contribution in [-0.2, 0) is 0 Å². The van der Waals surface area contributed by atoms with Crippen molar-refractivity contribution in [1.29, 1.82) is 0 Å². The molecule has 3 nitrogen and oxygen atoms in total. The normalized spacial score (nSPS) is 16.2. The highest BCUT2D eigenvalue weighted by molar-refractivity contribution is 9.10. The molecule has 20 heavy (non-hydrogen) atoms. The summed E-state index contributed by atoms with van der Waals surface area (Å²) in [5.41, 5.74) is 2.44. The zero-order valence-electron chi connectivity index (χ0n) is 11.3. The monoisotopic (exact) mass is 332 g/mol. The molecule has 0 aliphatic heterocycles. The molecule has 4 heteroatoms. The first-order valence-electron chi connectivity index (χ1n) is 7.08. The van der Waals surface area contributed by atoms with Crippen LogP contribution in [0.5, 0.6) is 0 Å². The number of halogens is 1. The summed E-state index contributed by atoms with van der Waals surface area (Å²) in [5, 5.41) is 4.68. The summed E-state index contributed by atoms with van der Waals surface area (Å²) < 4.78 is 3.00. The van der Waals surface area contributed by atoms with Crippen LogP contribution in [0, 0.1) is 0 Å². The Labute approximate surface area is 127 Å². The van der Waals surface area contributed by atoms with Crippen molar-refractivity contribution in [3.05, 3.63) is 40.5 Å². The van der Waals surface area contributed by atoms with Crippen molar-refractivity contribution in [2.45, 2.75) is 38.1 Å². The van der Waals surface area contributed by atoms with Crippen molar-refractivity contribution < 1.29 is 4.79 Å². The second kappa shape index (κ2) is 5.92. The molecular weight excluding hydrogens is 316 g/mol. The maximum atomic E-state index is 11.3. The molecule has 0 saturated heterocycles. The van der Waals surface area contributed by atoms with Crippen LogP contribution in [0.1, 0.15) is 48.5 Å². The van der Waals surface area contributed by atoms with Crippen LogP contribution in [0.2, 0.25) is 0 Å². The first-order valence-corrected chi connectivity index (χ1v) is 7.87. The Balaban J connectivity index is 1.98. The second-order valence-electron chi connectivity index (χ2n) is 5.33. The van der Waals surface area contributed by atoms with Gasteiger partial charge >= 0.3 is 0 Å². The lowest BCUT2D eigenvalue weighted by Gasteiger charge is -2.21. The fraction of sp³-hybridized carbons (Fsp3) is 0.375. The summed E-state index contributed by atoms with van der Waals surface area (Å²) in [4.78, 5) is 11.3. The van der Waals surface area contributed by atoms with Crippen LogP contribution in [-0.4, -0.2) is 16.1 Å². The van der Waals surface area contributed by atoms with E-state index in [1.807, 2.05) is 35.1 Å². The van der Waals surface area contributed by atoms with E-state index in [1.165, 1.54) is 19.3 Å². The third kappa shape index (κ3) is 2.70. The number of carbonyl (C=O) groups excluding carboxylic acids is 1. The largest absolute Gasteiger partial charge is 0.298 e. The minimum absolute atomic E-state index is 0.448. The molecule has 0 spiro atoms. The Kier molecular flexibility index (Phi) is 4.01. The molecule has 1 saturated carbocycles. The standard InChI is InChI=1S/C16H17BrN2O/c17-14-6-4-5-12(9-14)16-13(11-20)10-19(18-16)15-7-2-1-3-8-15/h4-6,9-11,15H,1-3,7-8H2. The molecule has 1 aromatic heterocycles. The number of aromatic nitrogens is 2. The third-order valence-corrected chi connectivity index (χ3v) is 4.43. The van der Waals surface area contributed by atoms with E-state index in [4.69, 9.17) is 0 Å². The van der Waals surface area contributed by atoms with E-state index < -0.39 is 0 Å². The Hall–Kier alpha value is -1.42. The molecule has 1 heterocycles. The van der Waals surface area contributed by atoms with Gasteiger partial charge in [0.15, 0.2) is 6.29 Å². The average Bonchev–Trinajstić information content (AvgIpc) is 2.92. The van der Waals surface area contributed by atoms with Gasteiger partial charge in [-0.15, -0.1) is 0 Å². The average molecular weight is 333 g/mol. The highest BCUT2D eigenvalue weighted by atomic mass is 79.9. The molecule has 0 atom stereocenters. The molecule has 0 unspecified atom stereocenters. The highest BCUT2D eigenvalue weighted by Crippen LogP contribution is 2.30. The van der Waals surface area contributed by atoms with E-state index in [2.05, 4.69) is 21.0 Å². The maximum absolute atomic E-state index is 11.3. The van der Waals surface area contributed by atoms with Crippen LogP contribution < -0.4 is 0 Å². The van der Waals surface area contributed by atoms with E-state index in [-0.39, 0.29) is 0 Å². The molecule has 1 aliphatic carbocycles. The number of hydrogen-bond acceptors (Lipinski definition) is 2. The van der Waals surface area contributed by atoms with E-state index in [0.717, 1.165) is 34.9 Å². The summed E-state index contributed by atoms with van der Waals surface area (Å²) >= 11 is 3.47. The van der Waals surface area contributed by atoms with Gasteiger partial charge in [0.25, 0.3) is 0 Å². The Morgan fingerprint density at radius 1 is 1.25 bits per heavy atom. The van der Waals surface area contributed by atoms with E-state index in [1.54, 1.807) is 0 Å². The molecule has 0 radical (unpaired) electrons. The zero-order valence-corrected chi connectivity index (χ0v) is 12.8. The highest BCUT2D eigenvalue weighted by Gasteiger charge is 2.19. The van der Waals surface area contributed by atoms with Gasteiger partial charge in [-0.05, 0) is 25.0 Å². The van der Waals surface area contributed by atoms with E-state index in [0.29, 0.717) is 11.6 Å². The molecule has 3 rings (SSSR count). The molecule has 2 aromatic rings. The topological polar surface area (TPSA) is 34.9 Å². The smallest absolute Gasteiger partial charge is 0.153 e. The predicted molar refractivity (Wildman–Crippen MR) is 82.9 cm³/mol. The Morgan fingerprint density at radius 3 is 2.75 bits per heavy atom. The van der Waals surface area contributed by atoms with Crippen LogP contribution >= 0.6 is 15.9 Å². The third-order valence-electron chi connectivity index (χ3n) is 3.93. The van der Waals surface area contributed by atoms with Crippen LogP contribution in [0.25, 0.3) is 11.3 Å². The van der Waals surface area contributed by atoms with Gasteiger partial charge in [-0.2, -0.15) is 5.10 Å². The molecule has 1 aromatic carbocycles. The predicted octanol–water partition coefficient (Wildman–Crippen LogP) is 4.63. The number of nitrogens with zero attached hydrogens (tertiary/aromatic N) is 2. The van der Waals surface area contributed by atoms with Gasteiger partial charge in [-0.25, -0.2) is 0 Å². The molecule has 0 amide bonds. The molecular formula is C16H17BrN2O. The van der Waals surface area contributed by atoms with Gasteiger partial charge in [0.2, 0.25) is 0 Å². The van der Waals surface area contributed by atoms with Gasteiger partial charge < -0.3 is 0 Å². The van der Waals surface area contributed by atoms with Gasteiger partial charge in [-0.3, -0.25) is 9.48 Å². The van der Waals surface area contributed by atoms with E-state index in [9.17, 15) is 4.79 Å².